The van der Waals surface area contributed by atoms with Crippen LogP contribution in [-0.4, -0.2) is 17.7 Å². The molecular weight excluding hydrogens is 250 g/mol. The van der Waals surface area contributed by atoms with E-state index in [1.54, 1.807) is 0 Å². The molecule has 1 aromatic rings. The van der Waals surface area contributed by atoms with Gasteiger partial charge in [-0.05, 0) is 12.0 Å². The maximum Gasteiger partial charge on any atom is 0.223 e. The van der Waals surface area contributed by atoms with Crippen molar-refractivity contribution in [3.8, 4) is 0 Å². The number of carbonyl (C=O) groups is 2. The van der Waals surface area contributed by atoms with Crippen molar-refractivity contribution in [3.05, 3.63) is 35.9 Å². The molecule has 0 fully saturated rings. The zero-order valence-corrected chi connectivity index (χ0v) is 13.1. The minimum atomic E-state index is -0.469. The van der Waals surface area contributed by atoms with Crippen molar-refractivity contribution in [2.75, 3.05) is 0 Å². The molecule has 0 aliphatic carbocycles. The van der Waals surface area contributed by atoms with Crippen molar-refractivity contribution in [2.45, 2.75) is 47.1 Å². The van der Waals surface area contributed by atoms with Crippen LogP contribution in [0.1, 0.15) is 40.2 Å². The second-order valence-corrected chi connectivity index (χ2v) is 6.52. The van der Waals surface area contributed by atoms with Crippen LogP contribution in [0.2, 0.25) is 0 Å². The average Bonchev–Trinajstić information content (AvgIpc) is 2.37. The second-order valence-electron chi connectivity index (χ2n) is 6.52. The van der Waals surface area contributed by atoms with E-state index >= 15 is 0 Å². The van der Waals surface area contributed by atoms with Gasteiger partial charge in [0.1, 0.15) is 0 Å². The first-order valence-electron chi connectivity index (χ1n) is 7.10. The Hall–Kier alpha value is -1.64. The number of amides is 1. The zero-order chi connectivity index (χ0) is 15.3. The highest BCUT2D eigenvalue weighted by Crippen LogP contribution is 2.19. The van der Waals surface area contributed by atoms with Gasteiger partial charge in [0.25, 0.3) is 0 Å². The zero-order valence-electron chi connectivity index (χ0n) is 13.1. The maximum absolute atomic E-state index is 12.5. The van der Waals surface area contributed by atoms with Crippen LogP contribution in [0.5, 0.6) is 0 Å². The van der Waals surface area contributed by atoms with E-state index < -0.39 is 11.5 Å². The van der Waals surface area contributed by atoms with E-state index in [0.29, 0.717) is 6.42 Å². The van der Waals surface area contributed by atoms with Crippen molar-refractivity contribution < 1.29 is 9.59 Å². The Labute approximate surface area is 121 Å². The number of Topliss-reactive ketones (excluding diaryl/α,β-unsaturated/α-hetero) is 1. The predicted molar refractivity (Wildman–Crippen MR) is 81.4 cm³/mol. The molecular formula is C17H25NO2. The number of hydrogen-bond acceptors (Lipinski definition) is 2. The van der Waals surface area contributed by atoms with E-state index in [4.69, 9.17) is 0 Å². The smallest absolute Gasteiger partial charge is 0.223 e. The lowest BCUT2D eigenvalue weighted by molar-refractivity contribution is -0.133. The molecule has 1 aromatic carbocycles. The fraction of sp³-hybridized carbons (Fsp3) is 0.529. The molecule has 1 atom stereocenters. The molecule has 0 aromatic heterocycles. The van der Waals surface area contributed by atoms with Crippen molar-refractivity contribution in [1.29, 1.82) is 0 Å². The van der Waals surface area contributed by atoms with Gasteiger partial charge in [-0.15, -0.1) is 0 Å². The van der Waals surface area contributed by atoms with Crippen LogP contribution in [0.4, 0.5) is 0 Å². The van der Waals surface area contributed by atoms with E-state index in [0.717, 1.165) is 5.56 Å². The van der Waals surface area contributed by atoms with Crippen LogP contribution >= 0.6 is 0 Å². The summed E-state index contributed by atoms with van der Waals surface area (Å²) in [5.74, 6) is -0.139. The molecule has 1 rings (SSSR count). The minimum absolute atomic E-state index is 0.0651. The molecule has 0 radical (unpaired) electrons. The topological polar surface area (TPSA) is 46.2 Å². The molecule has 110 valence electrons. The first-order chi connectivity index (χ1) is 9.21. The van der Waals surface area contributed by atoms with Crippen LogP contribution in [0.15, 0.2) is 30.3 Å². The van der Waals surface area contributed by atoms with Gasteiger partial charge in [-0.1, -0.05) is 65.0 Å². The Bertz CT molecular complexity index is 458. The Morgan fingerprint density at radius 3 is 2.10 bits per heavy atom. The van der Waals surface area contributed by atoms with Crippen LogP contribution in [-0.2, 0) is 16.0 Å². The van der Waals surface area contributed by atoms with Crippen molar-refractivity contribution in [2.24, 2.45) is 11.3 Å². The van der Waals surface area contributed by atoms with Gasteiger partial charge in [0, 0.05) is 11.3 Å². The van der Waals surface area contributed by atoms with E-state index in [1.807, 2.05) is 65.0 Å². The highest BCUT2D eigenvalue weighted by atomic mass is 16.2. The van der Waals surface area contributed by atoms with Crippen LogP contribution in [0.25, 0.3) is 0 Å². The molecule has 0 spiro atoms. The molecule has 0 aliphatic rings. The molecule has 0 heterocycles. The van der Waals surface area contributed by atoms with Gasteiger partial charge in [0.05, 0.1) is 6.04 Å². The Morgan fingerprint density at radius 1 is 1.10 bits per heavy atom. The molecule has 0 bridgehead atoms. The average molecular weight is 275 g/mol. The third-order valence-corrected chi connectivity index (χ3v) is 3.18. The first-order valence-corrected chi connectivity index (χ1v) is 7.10. The monoisotopic (exact) mass is 275 g/mol. The molecule has 0 unspecified atom stereocenters. The van der Waals surface area contributed by atoms with Crippen molar-refractivity contribution in [3.63, 3.8) is 0 Å². The lowest BCUT2D eigenvalue weighted by atomic mass is 9.84. The van der Waals surface area contributed by atoms with Gasteiger partial charge in [-0.2, -0.15) is 0 Å². The fourth-order valence-corrected chi connectivity index (χ4v) is 1.92. The molecule has 1 N–H and O–H groups in total. The van der Waals surface area contributed by atoms with Crippen LogP contribution in [0.3, 0.4) is 0 Å². The highest BCUT2D eigenvalue weighted by Gasteiger charge is 2.31. The van der Waals surface area contributed by atoms with Gasteiger partial charge >= 0.3 is 0 Å². The lowest BCUT2D eigenvalue weighted by Crippen LogP contribution is -2.48. The van der Waals surface area contributed by atoms with E-state index in [9.17, 15) is 9.59 Å². The first kappa shape index (κ1) is 16.4. The van der Waals surface area contributed by atoms with E-state index in [2.05, 4.69) is 5.32 Å². The highest BCUT2D eigenvalue weighted by molar-refractivity contribution is 5.93. The summed E-state index contributed by atoms with van der Waals surface area (Å²) >= 11 is 0. The molecule has 0 saturated carbocycles. The number of hydrogen-bond donors (Lipinski definition) is 1. The third kappa shape index (κ3) is 4.80. The lowest BCUT2D eigenvalue weighted by Gasteiger charge is -2.26. The van der Waals surface area contributed by atoms with Crippen molar-refractivity contribution >= 4 is 11.7 Å². The molecule has 3 nitrogen and oxygen atoms in total. The molecule has 0 saturated heterocycles. The summed E-state index contributed by atoms with van der Waals surface area (Å²) in [4.78, 5) is 24.4. The van der Waals surface area contributed by atoms with E-state index in [-0.39, 0.29) is 17.6 Å². The second kappa shape index (κ2) is 6.69. The molecule has 1 amide bonds. The van der Waals surface area contributed by atoms with Crippen molar-refractivity contribution in [1.82, 2.24) is 5.32 Å². The third-order valence-electron chi connectivity index (χ3n) is 3.18. The summed E-state index contributed by atoms with van der Waals surface area (Å²) < 4.78 is 0. The largest absolute Gasteiger partial charge is 0.346 e. The molecule has 3 heteroatoms. The Morgan fingerprint density at radius 2 is 1.65 bits per heavy atom. The summed E-state index contributed by atoms with van der Waals surface area (Å²) in [7, 11) is 0. The van der Waals surface area contributed by atoms with Gasteiger partial charge in [-0.3, -0.25) is 9.59 Å². The number of benzene rings is 1. The standard InChI is InChI=1S/C17H25NO2/c1-12(2)16(20)18-14(15(19)17(3,4)5)11-13-9-7-6-8-10-13/h6-10,12,14H,11H2,1-5H3,(H,18,20)/t14-/m0/s1. The fourth-order valence-electron chi connectivity index (χ4n) is 1.92. The summed E-state index contributed by atoms with van der Waals surface area (Å²) in [5.41, 5.74) is 0.586. The minimum Gasteiger partial charge on any atom is -0.346 e. The molecule has 20 heavy (non-hydrogen) atoms. The normalized spacial score (nSPS) is 13.1. The maximum atomic E-state index is 12.5. The Balaban J connectivity index is 2.90. The quantitative estimate of drug-likeness (QED) is 0.898. The summed E-state index contributed by atoms with van der Waals surface area (Å²) in [6.45, 7) is 9.31. The van der Waals surface area contributed by atoms with Gasteiger partial charge in [0.2, 0.25) is 5.91 Å². The van der Waals surface area contributed by atoms with Gasteiger partial charge < -0.3 is 5.32 Å². The number of rotatable bonds is 5. The summed E-state index contributed by atoms with van der Waals surface area (Å²) in [5, 5.41) is 2.88. The number of ketones is 1. The Kier molecular flexibility index (Phi) is 5.49. The van der Waals surface area contributed by atoms with Crippen LogP contribution < -0.4 is 5.32 Å². The van der Waals surface area contributed by atoms with Gasteiger partial charge in [0.15, 0.2) is 5.78 Å². The number of nitrogens with one attached hydrogen (secondary N) is 1. The summed E-state index contributed by atoms with van der Waals surface area (Å²) in [6.07, 6.45) is 0.537. The van der Waals surface area contributed by atoms with E-state index in [1.165, 1.54) is 0 Å². The summed E-state index contributed by atoms with van der Waals surface area (Å²) in [6, 6.07) is 9.31. The predicted octanol–water partition coefficient (Wildman–Crippen LogP) is 2.99. The SMILES string of the molecule is CC(C)C(=O)N[C@@H](Cc1ccccc1)C(=O)C(C)(C)C. The molecule has 0 aliphatic heterocycles. The van der Waals surface area contributed by atoms with Crippen LogP contribution in [0, 0.1) is 11.3 Å². The number of carbonyl (C=O) groups excluding carboxylic acids is 2. The van der Waals surface area contributed by atoms with Gasteiger partial charge in [-0.25, -0.2) is 0 Å².